The van der Waals surface area contributed by atoms with Gasteiger partial charge in [0.1, 0.15) is 0 Å². The topological polar surface area (TPSA) is 17.1 Å². The maximum absolute atomic E-state index is 11.2. The highest BCUT2D eigenvalue weighted by molar-refractivity contribution is 5.73. The van der Waals surface area contributed by atoms with Crippen LogP contribution in [-0.4, -0.2) is 18.6 Å². The highest BCUT2D eigenvalue weighted by Crippen LogP contribution is 2.05. The summed E-state index contributed by atoms with van der Waals surface area (Å²) >= 11 is 0. The molecule has 0 saturated carbocycles. The fraction of sp³-hybridized carbons (Fsp3) is 0.667. The third-order valence-electron chi connectivity index (χ3n) is 0.438. The molecule has 0 amide bonds. The monoisotopic (exact) mass is 130 g/mol. The summed E-state index contributed by atoms with van der Waals surface area (Å²) in [5.74, 6) is 0. The third-order valence-corrected chi connectivity index (χ3v) is 0.438. The average Bonchev–Trinajstić information content (AvgIpc) is 1.64. The third kappa shape index (κ3) is 1.90. The number of rotatable bonds is 2. The minimum atomic E-state index is -3.55. The van der Waals surface area contributed by atoms with Gasteiger partial charge in [-0.05, 0) is 0 Å². The van der Waals surface area contributed by atoms with Crippen LogP contribution in [0.1, 0.15) is 0 Å². The van der Waals surface area contributed by atoms with Gasteiger partial charge in [-0.1, -0.05) is 0 Å². The van der Waals surface area contributed by atoms with Gasteiger partial charge in [0.25, 0.3) is 6.43 Å². The SMILES string of the molecule is O=C(F)C(F)C(F)F. The molecule has 1 unspecified atom stereocenters. The first-order valence-corrected chi connectivity index (χ1v) is 1.67. The summed E-state index contributed by atoms with van der Waals surface area (Å²) in [5, 5.41) is 0. The van der Waals surface area contributed by atoms with E-state index in [0.29, 0.717) is 0 Å². The van der Waals surface area contributed by atoms with E-state index in [1.807, 2.05) is 0 Å². The van der Waals surface area contributed by atoms with Crippen LogP contribution in [0.3, 0.4) is 0 Å². The molecule has 0 aliphatic rings. The van der Waals surface area contributed by atoms with Gasteiger partial charge in [0.05, 0.1) is 0 Å². The second-order valence-electron chi connectivity index (χ2n) is 1.04. The van der Waals surface area contributed by atoms with Crippen LogP contribution in [0.2, 0.25) is 0 Å². The lowest BCUT2D eigenvalue weighted by Crippen LogP contribution is -2.19. The smallest absolute Gasteiger partial charge is 0.257 e. The van der Waals surface area contributed by atoms with Gasteiger partial charge < -0.3 is 0 Å². The van der Waals surface area contributed by atoms with Crippen molar-refractivity contribution in [1.29, 1.82) is 0 Å². The summed E-state index contributed by atoms with van der Waals surface area (Å²) in [7, 11) is 0. The maximum Gasteiger partial charge on any atom is 0.341 e. The zero-order chi connectivity index (χ0) is 6.73. The summed E-state index contributed by atoms with van der Waals surface area (Å²) in [6, 6.07) is -2.62. The molecule has 0 aromatic rings. The van der Waals surface area contributed by atoms with Gasteiger partial charge in [0, 0.05) is 0 Å². The summed E-state index contributed by atoms with van der Waals surface area (Å²) in [6.07, 6.45) is -6.82. The van der Waals surface area contributed by atoms with Gasteiger partial charge in [-0.2, -0.15) is 4.39 Å². The molecule has 0 radical (unpaired) electrons. The molecule has 8 heavy (non-hydrogen) atoms. The highest BCUT2D eigenvalue weighted by Gasteiger charge is 2.27. The second-order valence-corrected chi connectivity index (χ2v) is 1.04. The van der Waals surface area contributed by atoms with Gasteiger partial charge in [-0.3, -0.25) is 4.79 Å². The molecule has 1 atom stereocenters. The van der Waals surface area contributed by atoms with Gasteiger partial charge in [-0.15, -0.1) is 0 Å². The Morgan fingerprint density at radius 1 is 1.25 bits per heavy atom. The standard InChI is InChI=1S/C3H2F4O/c4-1(2(5)6)3(7)8/h1-2H. The molecule has 0 rings (SSSR count). The van der Waals surface area contributed by atoms with Crippen LogP contribution < -0.4 is 0 Å². The lowest BCUT2D eigenvalue weighted by Gasteiger charge is -1.95. The van der Waals surface area contributed by atoms with Crippen molar-refractivity contribution in [2.45, 2.75) is 12.6 Å². The Bertz CT molecular complexity index is 91.3. The molecule has 0 spiro atoms. The number of carbonyl (C=O) groups excluding carboxylic acids is 1. The minimum absolute atomic E-state index is 2.62. The van der Waals surface area contributed by atoms with Crippen molar-refractivity contribution in [1.82, 2.24) is 0 Å². The van der Waals surface area contributed by atoms with Gasteiger partial charge in [-0.25, -0.2) is 13.2 Å². The largest absolute Gasteiger partial charge is 0.341 e. The van der Waals surface area contributed by atoms with E-state index in [1.165, 1.54) is 0 Å². The number of alkyl halides is 3. The molecule has 0 aliphatic heterocycles. The van der Waals surface area contributed by atoms with E-state index in [1.54, 1.807) is 0 Å². The minimum Gasteiger partial charge on any atom is -0.257 e. The molecule has 0 heterocycles. The Morgan fingerprint density at radius 2 is 1.62 bits per heavy atom. The zero-order valence-electron chi connectivity index (χ0n) is 3.57. The van der Waals surface area contributed by atoms with Crippen LogP contribution in [0, 0.1) is 0 Å². The van der Waals surface area contributed by atoms with Crippen LogP contribution in [0.4, 0.5) is 17.6 Å². The lowest BCUT2D eigenvalue weighted by atomic mass is 10.4. The van der Waals surface area contributed by atoms with Crippen LogP contribution >= 0.6 is 0 Å². The fourth-order valence-electron chi connectivity index (χ4n) is 0.0991. The van der Waals surface area contributed by atoms with Crippen LogP contribution in [0.5, 0.6) is 0 Å². The number of halogens is 4. The van der Waals surface area contributed by atoms with Crippen molar-refractivity contribution in [3.8, 4) is 0 Å². The summed E-state index contributed by atoms with van der Waals surface area (Å²) < 4.78 is 43.7. The Hall–Kier alpha value is -0.610. The molecular weight excluding hydrogens is 128 g/mol. The summed E-state index contributed by atoms with van der Waals surface area (Å²) in [4.78, 5) is 9.06. The predicted octanol–water partition coefficient (Wildman–Crippen LogP) is 1.09. The second kappa shape index (κ2) is 2.64. The number of hydrogen-bond acceptors (Lipinski definition) is 1. The van der Waals surface area contributed by atoms with Crippen LogP contribution in [0.15, 0.2) is 0 Å². The van der Waals surface area contributed by atoms with E-state index < -0.39 is 18.6 Å². The number of carbonyl (C=O) groups is 1. The van der Waals surface area contributed by atoms with Gasteiger partial charge in [0.15, 0.2) is 0 Å². The molecule has 0 aromatic heterocycles. The van der Waals surface area contributed by atoms with Crippen molar-refractivity contribution >= 4 is 6.04 Å². The highest BCUT2D eigenvalue weighted by atomic mass is 19.3. The van der Waals surface area contributed by atoms with E-state index in [2.05, 4.69) is 0 Å². The summed E-state index contributed by atoms with van der Waals surface area (Å²) in [6.45, 7) is 0. The Labute approximate surface area is 42.3 Å². The molecule has 0 bridgehead atoms. The molecule has 0 aliphatic carbocycles. The molecular formula is C3H2F4O. The van der Waals surface area contributed by atoms with E-state index >= 15 is 0 Å². The molecule has 48 valence electrons. The predicted molar refractivity (Wildman–Crippen MR) is 17.0 cm³/mol. The van der Waals surface area contributed by atoms with Crippen molar-refractivity contribution in [3.05, 3.63) is 0 Å². The molecule has 0 N–H and O–H groups in total. The Morgan fingerprint density at radius 3 is 1.62 bits per heavy atom. The quantitative estimate of drug-likeness (QED) is 0.403. The number of hydrogen-bond donors (Lipinski definition) is 0. The van der Waals surface area contributed by atoms with Crippen molar-refractivity contribution < 1.29 is 22.4 Å². The first-order chi connectivity index (χ1) is 3.55. The first kappa shape index (κ1) is 7.39. The van der Waals surface area contributed by atoms with Crippen molar-refractivity contribution in [2.24, 2.45) is 0 Å². The normalized spacial score (nSPS) is 14.1. The van der Waals surface area contributed by atoms with E-state index in [0.717, 1.165) is 0 Å². The Balaban J connectivity index is 3.64. The molecule has 5 heteroatoms. The van der Waals surface area contributed by atoms with E-state index in [-0.39, 0.29) is 0 Å². The van der Waals surface area contributed by atoms with Crippen LogP contribution in [0.25, 0.3) is 0 Å². The summed E-state index contributed by atoms with van der Waals surface area (Å²) in [5.41, 5.74) is 0. The molecule has 0 fully saturated rings. The van der Waals surface area contributed by atoms with Gasteiger partial charge in [0.2, 0.25) is 6.17 Å². The molecule has 1 nitrogen and oxygen atoms in total. The first-order valence-electron chi connectivity index (χ1n) is 1.67. The van der Waals surface area contributed by atoms with Crippen LogP contribution in [-0.2, 0) is 4.79 Å². The maximum atomic E-state index is 11.2. The van der Waals surface area contributed by atoms with Gasteiger partial charge >= 0.3 is 6.04 Å². The molecule has 0 saturated heterocycles. The lowest BCUT2D eigenvalue weighted by molar-refractivity contribution is -0.140. The van der Waals surface area contributed by atoms with Crippen molar-refractivity contribution in [2.75, 3.05) is 0 Å². The fourth-order valence-corrected chi connectivity index (χ4v) is 0.0991. The van der Waals surface area contributed by atoms with E-state index in [9.17, 15) is 17.6 Å². The molecule has 0 aromatic carbocycles. The average molecular weight is 130 g/mol. The van der Waals surface area contributed by atoms with E-state index in [4.69, 9.17) is 4.79 Å². The zero-order valence-corrected chi connectivity index (χ0v) is 3.57. The van der Waals surface area contributed by atoms with Crippen molar-refractivity contribution in [3.63, 3.8) is 0 Å². The Kier molecular flexibility index (Phi) is 2.44.